The molecule has 3 nitrogen and oxygen atoms in total. The summed E-state index contributed by atoms with van der Waals surface area (Å²) in [4.78, 5) is 0. The van der Waals surface area contributed by atoms with Crippen molar-refractivity contribution in [3.05, 3.63) is 0 Å². The largest absolute Gasteiger partial charge is 0.385 e. The van der Waals surface area contributed by atoms with Crippen molar-refractivity contribution in [2.75, 3.05) is 26.8 Å². The van der Waals surface area contributed by atoms with E-state index in [0.717, 1.165) is 26.1 Å². The Kier molecular flexibility index (Phi) is 3.30. The molecule has 1 aliphatic rings. The summed E-state index contributed by atoms with van der Waals surface area (Å²) in [7, 11) is 1.73. The molecule has 0 spiro atoms. The zero-order valence-corrected chi connectivity index (χ0v) is 7.23. The molecule has 0 aromatic heterocycles. The van der Waals surface area contributed by atoms with Gasteiger partial charge in [-0.3, -0.25) is 0 Å². The van der Waals surface area contributed by atoms with Crippen molar-refractivity contribution in [2.24, 2.45) is 5.73 Å². The summed E-state index contributed by atoms with van der Waals surface area (Å²) >= 11 is 0. The summed E-state index contributed by atoms with van der Waals surface area (Å²) in [5.74, 6) is 0. The molecule has 0 bridgehead atoms. The van der Waals surface area contributed by atoms with Crippen molar-refractivity contribution in [2.45, 2.75) is 24.8 Å². The first-order valence-corrected chi connectivity index (χ1v) is 4.25. The number of methoxy groups -OCH3 is 1. The van der Waals surface area contributed by atoms with Crippen molar-refractivity contribution < 1.29 is 4.74 Å². The number of nitrogens with one attached hydrogen (secondary N) is 1. The van der Waals surface area contributed by atoms with Crippen molar-refractivity contribution in [3.8, 4) is 0 Å². The number of hydrogen-bond donors (Lipinski definition) is 2. The highest BCUT2D eigenvalue weighted by molar-refractivity contribution is 5.00. The lowest BCUT2D eigenvalue weighted by molar-refractivity contribution is 0.194. The highest BCUT2D eigenvalue weighted by Crippen LogP contribution is 2.30. The average Bonchev–Trinajstić information content (AvgIpc) is 2.69. The first-order chi connectivity index (χ1) is 5.27. The van der Waals surface area contributed by atoms with Crippen LogP contribution in [0.5, 0.6) is 0 Å². The first kappa shape index (κ1) is 8.97. The molecule has 11 heavy (non-hydrogen) atoms. The van der Waals surface area contributed by atoms with Crippen LogP contribution in [0.1, 0.15) is 19.3 Å². The van der Waals surface area contributed by atoms with Crippen LogP contribution in [-0.4, -0.2) is 32.3 Å². The minimum Gasteiger partial charge on any atom is -0.385 e. The highest BCUT2D eigenvalue weighted by Gasteiger charge is 2.37. The Hall–Kier alpha value is -0.120. The monoisotopic (exact) mass is 158 g/mol. The first-order valence-electron chi connectivity index (χ1n) is 4.25. The van der Waals surface area contributed by atoms with Gasteiger partial charge < -0.3 is 15.8 Å². The Bertz CT molecular complexity index is 113. The zero-order valence-electron chi connectivity index (χ0n) is 7.23. The number of nitrogens with two attached hydrogens (primary N) is 1. The maximum Gasteiger partial charge on any atom is 0.0474 e. The van der Waals surface area contributed by atoms with Gasteiger partial charge in [-0.1, -0.05) is 0 Å². The Morgan fingerprint density at radius 1 is 1.55 bits per heavy atom. The van der Waals surface area contributed by atoms with Crippen LogP contribution < -0.4 is 11.1 Å². The van der Waals surface area contributed by atoms with Gasteiger partial charge in [0.15, 0.2) is 0 Å². The van der Waals surface area contributed by atoms with Crippen molar-refractivity contribution >= 4 is 0 Å². The van der Waals surface area contributed by atoms with Crippen LogP contribution in [0.4, 0.5) is 0 Å². The molecule has 0 unspecified atom stereocenters. The third kappa shape index (κ3) is 3.70. The molecule has 0 atom stereocenters. The quantitative estimate of drug-likeness (QED) is 0.539. The van der Waals surface area contributed by atoms with E-state index in [0.29, 0.717) is 0 Å². The summed E-state index contributed by atoms with van der Waals surface area (Å²) in [6.45, 7) is 2.83. The number of rotatable bonds is 6. The Morgan fingerprint density at radius 3 is 2.82 bits per heavy atom. The van der Waals surface area contributed by atoms with Gasteiger partial charge in [-0.15, -0.1) is 0 Å². The van der Waals surface area contributed by atoms with Gasteiger partial charge in [0.05, 0.1) is 0 Å². The third-order valence-corrected chi connectivity index (χ3v) is 2.07. The lowest BCUT2D eigenvalue weighted by Crippen LogP contribution is -2.36. The predicted molar refractivity (Wildman–Crippen MR) is 45.5 cm³/mol. The molecule has 0 radical (unpaired) electrons. The molecular weight excluding hydrogens is 140 g/mol. The Labute approximate surface area is 68.3 Å². The van der Waals surface area contributed by atoms with Crippen molar-refractivity contribution in [1.29, 1.82) is 0 Å². The van der Waals surface area contributed by atoms with E-state index in [1.807, 2.05) is 0 Å². The molecule has 0 aromatic carbocycles. The second-order valence-corrected chi connectivity index (χ2v) is 3.39. The fourth-order valence-corrected chi connectivity index (χ4v) is 1.02. The van der Waals surface area contributed by atoms with E-state index in [4.69, 9.17) is 10.5 Å². The maximum absolute atomic E-state index is 5.87. The Morgan fingerprint density at radius 2 is 2.27 bits per heavy atom. The maximum atomic E-state index is 5.87. The van der Waals surface area contributed by atoms with Gasteiger partial charge in [-0.05, 0) is 25.8 Å². The second kappa shape index (κ2) is 4.04. The van der Waals surface area contributed by atoms with Gasteiger partial charge >= 0.3 is 0 Å². The smallest absolute Gasteiger partial charge is 0.0474 e. The summed E-state index contributed by atoms with van der Waals surface area (Å²) < 4.78 is 4.92. The number of hydrogen-bond acceptors (Lipinski definition) is 3. The molecule has 0 saturated heterocycles. The fourth-order valence-electron chi connectivity index (χ4n) is 1.02. The topological polar surface area (TPSA) is 47.3 Å². The third-order valence-electron chi connectivity index (χ3n) is 2.07. The summed E-state index contributed by atoms with van der Waals surface area (Å²) in [6, 6.07) is 0. The number of ether oxygens (including phenoxy) is 1. The molecule has 0 aromatic rings. The van der Waals surface area contributed by atoms with Gasteiger partial charge in [0.2, 0.25) is 0 Å². The van der Waals surface area contributed by atoms with E-state index < -0.39 is 0 Å². The van der Waals surface area contributed by atoms with Gasteiger partial charge in [-0.25, -0.2) is 0 Å². The van der Waals surface area contributed by atoms with Crippen LogP contribution >= 0.6 is 0 Å². The molecule has 0 aliphatic heterocycles. The standard InChI is InChI=1S/C8H18N2O/c1-11-6-2-5-10-7-8(9)3-4-8/h10H,2-7,9H2,1H3. The average molecular weight is 158 g/mol. The van der Waals surface area contributed by atoms with E-state index in [-0.39, 0.29) is 5.54 Å². The van der Waals surface area contributed by atoms with Crippen LogP contribution in [0.15, 0.2) is 0 Å². The van der Waals surface area contributed by atoms with E-state index in [1.54, 1.807) is 7.11 Å². The molecule has 3 N–H and O–H groups in total. The van der Waals surface area contributed by atoms with Gasteiger partial charge in [-0.2, -0.15) is 0 Å². The van der Waals surface area contributed by atoms with Crippen LogP contribution in [0.3, 0.4) is 0 Å². The SMILES string of the molecule is COCCCNCC1(N)CC1. The van der Waals surface area contributed by atoms with Crippen LogP contribution in [0.25, 0.3) is 0 Å². The summed E-state index contributed by atoms with van der Waals surface area (Å²) in [5, 5.41) is 3.32. The van der Waals surface area contributed by atoms with Gasteiger partial charge in [0.25, 0.3) is 0 Å². The predicted octanol–water partition coefficient (Wildman–Crippen LogP) is 0.104. The highest BCUT2D eigenvalue weighted by atomic mass is 16.5. The molecule has 1 fully saturated rings. The van der Waals surface area contributed by atoms with Crippen LogP contribution in [0.2, 0.25) is 0 Å². The molecule has 1 rings (SSSR count). The zero-order chi connectivity index (χ0) is 8.16. The molecule has 0 heterocycles. The summed E-state index contributed by atoms with van der Waals surface area (Å²) in [6.07, 6.45) is 3.45. The van der Waals surface area contributed by atoms with E-state index in [1.165, 1.54) is 12.8 Å². The van der Waals surface area contributed by atoms with Crippen LogP contribution in [-0.2, 0) is 4.74 Å². The normalized spacial score (nSPS) is 20.2. The molecule has 1 aliphatic carbocycles. The lowest BCUT2D eigenvalue weighted by atomic mass is 10.3. The van der Waals surface area contributed by atoms with E-state index >= 15 is 0 Å². The fraction of sp³-hybridized carbons (Fsp3) is 1.00. The molecule has 1 saturated carbocycles. The minimum atomic E-state index is 0.146. The van der Waals surface area contributed by atoms with Crippen molar-refractivity contribution in [1.82, 2.24) is 5.32 Å². The Balaban J connectivity index is 1.81. The minimum absolute atomic E-state index is 0.146. The van der Waals surface area contributed by atoms with E-state index in [2.05, 4.69) is 5.32 Å². The van der Waals surface area contributed by atoms with Crippen molar-refractivity contribution in [3.63, 3.8) is 0 Å². The second-order valence-electron chi connectivity index (χ2n) is 3.39. The lowest BCUT2D eigenvalue weighted by Gasteiger charge is -2.09. The molecule has 3 heteroatoms. The molecular formula is C8H18N2O. The van der Waals surface area contributed by atoms with E-state index in [9.17, 15) is 0 Å². The van der Waals surface area contributed by atoms with Crippen LogP contribution in [0, 0.1) is 0 Å². The van der Waals surface area contributed by atoms with Gasteiger partial charge in [0.1, 0.15) is 0 Å². The summed E-state index contributed by atoms with van der Waals surface area (Å²) in [5.41, 5.74) is 6.01. The molecule has 66 valence electrons. The van der Waals surface area contributed by atoms with Gasteiger partial charge in [0, 0.05) is 25.8 Å². The molecule has 0 amide bonds.